The number of nitrogens with zero attached hydrogens (tertiary/aromatic N) is 6. The van der Waals surface area contributed by atoms with E-state index in [0.717, 1.165) is 11.4 Å². The molecule has 182 valence electrons. The van der Waals surface area contributed by atoms with E-state index in [9.17, 15) is 9.90 Å². The average Bonchev–Trinajstić information content (AvgIpc) is 3.47. The standard InChI is InChI=1S/C23H24ClN7O4/c1-34-19-4-3-15(24)10-16(19)21-18(13-29(28-21)12-14-5-8-35-20(32)9-14)31(25)23(33)17-11-27-30-7-2-6-26-22(17)30/h2-4,6-7,10-11,13-14,20,32H,5,8-9,12,25H2,1H3. The van der Waals surface area contributed by atoms with Gasteiger partial charge in [-0.05, 0) is 36.6 Å². The molecule has 1 saturated heterocycles. The number of benzene rings is 1. The van der Waals surface area contributed by atoms with Crippen LogP contribution < -0.4 is 15.6 Å². The molecule has 3 aromatic heterocycles. The largest absolute Gasteiger partial charge is 0.496 e. The monoisotopic (exact) mass is 497 g/mol. The number of halogens is 1. The van der Waals surface area contributed by atoms with Gasteiger partial charge in [0.2, 0.25) is 0 Å². The van der Waals surface area contributed by atoms with Crippen molar-refractivity contribution in [3.8, 4) is 17.0 Å². The summed E-state index contributed by atoms with van der Waals surface area (Å²) in [5.74, 6) is 6.56. The number of anilines is 1. The Labute approximate surface area is 205 Å². The Morgan fingerprint density at radius 2 is 2.29 bits per heavy atom. The second-order valence-corrected chi connectivity index (χ2v) is 8.70. The Morgan fingerprint density at radius 1 is 1.43 bits per heavy atom. The molecular weight excluding hydrogens is 474 g/mol. The van der Waals surface area contributed by atoms with E-state index >= 15 is 0 Å². The fourth-order valence-corrected chi connectivity index (χ4v) is 4.40. The maximum Gasteiger partial charge on any atom is 0.278 e. The Bertz CT molecular complexity index is 1370. The number of nitrogens with two attached hydrogens (primary N) is 1. The lowest BCUT2D eigenvalue weighted by Gasteiger charge is -2.26. The molecule has 2 atom stereocenters. The first-order valence-electron chi connectivity index (χ1n) is 11.0. The summed E-state index contributed by atoms with van der Waals surface area (Å²) in [6.07, 6.45) is 6.88. The fraction of sp³-hybridized carbons (Fsp3) is 0.304. The minimum Gasteiger partial charge on any atom is -0.496 e. The van der Waals surface area contributed by atoms with Gasteiger partial charge in [-0.2, -0.15) is 10.2 Å². The van der Waals surface area contributed by atoms with E-state index in [1.165, 1.54) is 10.7 Å². The first-order chi connectivity index (χ1) is 16.9. The van der Waals surface area contributed by atoms with Crippen molar-refractivity contribution in [2.75, 3.05) is 18.7 Å². The summed E-state index contributed by atoms with van der Waals surface area (Å²) in [5.41, 5.74) is 2.01. The van der Waals surface area contributed by atoms with E-state index in [0.29, 0.717) is 52.9 Å². The van der Waals surface area contributed by atoms with E-state index in [4.69, 9.17) is 32.0 Å². The van der Waals surface area contributed by atoms with E-state index in [2.05, 4.69) is 10.1 Å². The van der Waals surface area contributed by atoms with Crippen LogP contribution in [0, 0.1) is 5.92 Å². The second kappa shape index (κ2) is 9.62. The predicted octanol–water partition coefficient (Wildman–Crippen LogP) is 2.52. The van der Waals surface area contributed by atoms with Crippen LogP contribution in [0.4, 0.5) is 5.69 Å². The van der Waals surface area contributed by atoms with E-state index in [1.807, 2.05) is 0 Å². The number of hydrogen-bond donors (Lipinski definition) is 2. The molecule has 5 rings (SSSR count). The zero-order chi connectivity index (χ0) is 24.5. The Kier molecular flexibility index (Phi) is 6.39. The van der Waals surface area contributed by atoms with E-state index < -0.39 is 12.2 Å². The van der Waals surface area contributed by atoms with Gasteiger partial charge in [-0.1, -0.05) is 11.6 Å². The van der Waals surface area contributed by atoms with Crippen molar-refractivity contribution in [1.29, 1.82) is 0 Å². The Balaban J connectivity index is 1.56. The molecule has 12 heteroatoms. The van der Waals surface area contributed by atoms with Crippen LogP contribution in [-0.2, 0) is 11.3 Å². The van der Waals surface area contributed by atoms with Gasteiger partial charge in [-0.15, -0.1) is 0 Å². The maximum atomic E-state index is 13.4. The smallest absolute Gasteiger partial charge is 0.278 e. The zero-order valence-electron chi connectivity index (χ0n) is 18.9. The van der Waals surface area contributed by atoms with Gasteiger partial charge in [0.05, 0.1) is 26.1 Å². The molecule has 0 radical (unpaired) electrons. The quantitative estimate of drug-likeness (QED) is 0.236. The summed E-state index contributed by atoms with van der Waals surface area (Å²) < 4.78 is 14.0. The minimum absolute atomic E-state index is 0.145. The number of amides is 1. The van der Waals surface area contributed by atoms with Crippen LogP contribution in [0.2, 0.25) is 5.02 Å². The SMILES string of the molecule is COc1ccc(Cl)cc1-c1nn(CC2CCOC(O)C2)cc1N(N)C(=O)c1cnn2cccnc12. The number of hydrogen-bond acceptors (Lipinski definition) is 8. The van der Waals surface area contributed by atoms with Gasteiger partial charge in [-0.3, -0.25) is 9.48 Å². The molecule has 1 aromatic carbocycles. The normalized spacial score (nSPS) is 18.1. The summed E-state index contributed by atoms with van der Waals surface area (Å²) in [5, 5.41) is 20.3. The van der Waals surface area contributed by atoms with Crippen molar-refractivity contribution in [2.45, 2.75) is 25.7 Å². The molecule has 4 heterocycles. The predicted molar refractivity (Wildman–Crippen MR) is 128 cm³/mol. The molecule has 1 amide bonds. The van der Waals surface area contributed by atoms with E-state index in [-0.39, 0.29) is 11.5 Å². The summed E-state index contributed by atoms with van der Waals surface area (Å²) in [4.78, 5) is 17.7. The van der Waals surface area contributed by atoms with Crippen molar-refractivity contribution in [3.63, 3.8) is 0 Å². The van der Waals surface area contributed by atoms with Crippen LogP contribution in [0.1, 0.15) is 23.2 Å². The molecule has 0 saturated carbocycles. The highest BCUT2D eigenvalue weighted by Gasteiger charge is 2.28. The highest BCUT2D eigenvalue weighted by atomic mass is 35.5. The van der Waals surface area contributed by atoms with Crippen molar-refractivity contribution < 1.29 is 19.4 Å². The number of fused-ring (bicyclic) bond motifs is 1. The molecule has 4 aromatic rings. The Hall–Kier alpha value is -3.51. The van der Waals surface area contributed by atoms with Crippen LogP contribution in [0.15, 0.2) is 49.1 Å². The number of rotatable bonds is 6. The summed E-state index contributed by atoms with van der Waals surface area (Å²) in [7, 11) is 1.54. The van der Waals surface area contributed by atoms with Gasteiger partial charge in [0.1, 0.15) is 22.7 Å². The Morgan fingerprint density at radius 3 is 3.09 bits per heavy atom. The number of aliphatic hydroxyl groups is 1. The molecule has 0 aliphatic carbocycles. The summed E-state index contributed by atoms with van der Waals surface area (Å²) in [6, 6.07) is 6.87. The molecule has 0 spiro atoms. The van der Waals surface area contributed by atoms with Gasteiger partial charge in [0, 0.05) is 35.9 Å². The molecule has 0 bridgehead atoms. The van der Waals surface area contributed by atoms with Crippen LogP contribution in [0.25, 0.3) is 16.9 Å². The van der Waals surface area contributed by atoms with Crippen LogP contribution >= 0.6 is 11.6 Å². The summed E-state index contributed by atoms with van der Waals surface area (Å²) >= 11 is 6.28. The molecule has 2 unspecified atom stereocenters. The lowest BCUT2D eigenvalue weighted by Crippen LogP contribution is -2.37. The number of aromatic nitrogens is 5. The third-order valence-corrected chi connectivity index (χ3v) is 6.20. The zero-order valence-corrected chi connectivity index (χ0v) is 19.7. The van der Waals surface area contributed by atoms with Gasteiger partial charge in [-0.25, -0.2) is 20.4 Å². The molecule has 1 fully saturated rings. The van der Waals surface area contributed by atoms with Gasteiger partial charge >= 0.3 is 0 Å². The number of hydrazine groups is 1. The van der Waals surface area contributed by atoms with Crippen LogP contribution in [0.5, 0.6) is 5.75 Å². The molecule has 11 nitrogen and oxygen atoms in total. The van der Waals surface area contributed by atoms with Gasteiger partial charge < -0.3 is 14.6 Å². The van der Waals surface area contributed by atoms with Crippen molar-refractivity contribution in [3.05, 3.63) is 59.6 Å². The topological polar surface area (TPSA) is 133 Å². The van der Waals surface area contributed by atoms with Crippen molar-refractivity contribution >= 4 is 28.8 Å². The number of methoxy groups -OCH3 is 1. The molecule has 1 aliphatic rings. The van der Waals surface area contributed by atoms with Crippen molar-refractivity contribution in [2.24, 2.45) is 11.8 Å². The lowest BCUT2D eigenvalue weighted by molar-refractivity contribution is -0.140. The maximum absolute atomic E-state index is 13.4. The molecule has 1 aliphatic heterocycles. The first kappa shape index (κ1) is 23.2. The number of carbonyl (C=O) groups excluding carboxylic acids is 1. The summed E-state index contributed by atoms with van der Waals surface area (Å²) in [6.45, 7) is 0.981. The van der Waals surface area contributed by atoms with Crippen LogP contribution in [0.3, 0.4) is 0 Å². The molecule has 35 heavy (non-hydrogen) atoms. The lowest BCUT2D eigenvalue weighted by atomic mass is 9.99. The third-order valence-electron chi connectivity index (χ3n) is 5.96. The number of aliphatic hydroxyl groups excluding tert-OH is 1. The average molecular weight is 498 g/mol. The molecule has 3 N–H and O–H groups in total. The van der Waals surface area contributed by atoms with Gasteiger partial charge in [0.25, 0.3) is 5.91 Å². The molecular formula is C23H24ClN7O4. The minimum atomic E-state index is -0.799. The number of ether oxygens (including phenoxy) is 2. The third kappa shape index (κ3) is 4.58. The van der Waals surface area contributed by atoms with Crippen molar-refractivity contribution in [1.82, 2.24) is 24.4 Å². The van der Waals surface area contributed by atoms with E-state index in [1.54, 1.807) is 54.6 Å². The second-order valence-electron chi connectivity index (χ2n) is 8.27. The first-order valence-corrected chi connectivity index (χ1v) is 11.4. The fourth-order valence-electron chi connectivity index (χ4n) is 4.23. The highest BCUT2D eigenvalue weighted by molar-refractivity contribution is 6.31. The van der Waals surface area contributed by atoms with Crippen LogP contribution in [-0.4, -0.2) is 55.4 Å². The number of carbonyl (C=O) groups is 1. The van der Waals surface area contributed by atoms with Gasteiger partial charge in [0.15, 0.2) is 11.9 Å². The highest BCUT2D eigenvalue weighted by Crippen LogP contribution is 2.37.